The molecule has 7 N–H and O–H groups in total. The SMILES string of the molecule is CSc1nc(Cl)nc(Nc2ccc3c(O)c(N=Nc4ccc(SC#COOS(=O)(=O)O)cc4O)c(SOOO)cc3c2)n1.O.[Cu]. The Bertz CT molecular complexity index is 1870. The van der Waals surface area contributed by atoms with Crippen molar-refractivity contribution < 1.29 is 69.6 Å². The van der Waals surface area contributed by atoms with E-state index in [0.29, 0.717) is 38.6 Å². The van der Waals surface area contributed by atoms with Crippen LogP contribution in [0.15, 0.2) is 67.6 Å². The maximum Gasteiger partial charge on any atom is 0.433 e. The normalized spacial score (nSPS) is 10.9. The number of hydrogen-bond donors (Lipinski definition) is 5. The fourth-order valence-corrected chi connectivity index (χ4v) is 4.84. The number of fused-ring (bicyclic) bond motifs is 1. The number of thioether (sulfide) groups is 2. The van der Waals surface area contributed by atoms with Gasteiger partial charge in [-0.1, -0.05) is 16.8 Å². The zero-order valence-corrected chi connectivity index (χ0v) is 26.8. The van der Waals surface area contributed by atoms with Crippen molar-refractivity contribution in [2.24, 2.45) is 10.2 Å². The van der Waals surface area contributed by atoms with Crippen LogP contribution in [0.1, 0.15) is 0 Å². The van der Waals surface area contributed by atoms with E-state index in [2.05, 4.69) is 54.3 Å². The number of halogens is 1. The molecule has 0 atom stereocenters. The molecular weight excluding hydrogens is 752 g/mol. The molecule has 0 bridgehead atoms. The number of phenols is 2. The predicted molar refractivity (Wildman–Crippen MR) is 159 cm³/mol. The zero-order valence-electron chi connectivity index (χ0n) is 21.8. The van der Waals surface area contributed by atoms with E-state index in [1.165, 1.54) is 30.0 Å². The van der Waals surface area contributed by atoms with Gasteiger partial charge in [-0.05, 0) is 81.8 Å². The summed E-state index contributed by atoms with van der Waals surface area (Å²) in [5, 5.41) is 48.5. The van der Waals surface area contributed by atoms with Gasteiger partial charge in [0.25, 0.3) is 0 Å². The standard InChI is InChI=1S/C22H15ClN6O10S4.Cu.H2O/c1-40-22-26-20(23)25-21(27-22)24-12-2-4-14-11(8-12)9-17(42-38-37-32)18(19(14)31)29-28-15-5-3-13(10-16(15)30)41-7-6-36-39-43(33,34)35;;/h2-5,8-10,30-32H,1H3,(H,33,34,35)(H,24,25,26,27);;1H2. The van der Waals surface area contributed by atoms with Crippen LogP contribution in [0.4, 0.5) is 23.0 Å². The quantitative estimate of drug-likeness (QED) is 0.0189. The predicted octanol–water partition coefficient (Wildman–Crippen LogP) is 5.33. The van der Waals surface area contributed by atoms with Crippen molar-refractivity contribution in [2.75, 3.05) is 11.6 Å². The first-order valence-electron chi connectivity index (χ1n) is 11.0. The number of nitrogens with one attached hydrogen (secondary N) is 1. The fraction of sp³-hybridized carbons (Fsp3) is 0.0455. The smallest absolute Gasteiger partial charge is 0.433 e. The van der Waals surface area contributed by atoms with Crippen molar-refractivity contribution in [3.05, 3.63) is 47.7 Å². The van der Waals surface area contributed by atoms with Gasteiger partial charge in [-0.2, -0.15) is 23.4 Å². The van der Waals surface area contributed by atoms with Crippen LogP contribution < -0.4 is 5.32 Å². The first-order valence-corrected chi connectivity index (χ1v) is 15.5. The summed E-state index contributed by atoms with van der Waals surface area (Å²) in [6.45, 7) is 0. The summed E-state index contributed by atoms with van der Waals surface area (Å²) >= 11 is 8.62. The minimum atomic E-state index is -4.81. The number of rotatable bonds is 11. The van der Waals surface area contributed by atoms with Crippen LogP contribution in [0.3, 0.4) is 0 Å². The summed E-state index contributed by atoms with van der Waals surface area (Å²) in [6.07, 6.45) is 3.67. The Morgan fingerprint density at radius 2 is 1.84 bits per heavy atom. The molecule has 3 aromatic carbocycles. The van der Waals surface area contributed by atoms with Gasteiger partial charge >= 0.3 is 10.4 Å². The van der Waals surface area contributed by atoms with E-state index < -0.39 is 10.4 Å². The zero-order chi connectivity index (χ0) is 31.0. The maximum absolute atomic E-state index is 11.0. The molecule has 0 saturated heterocycles. The topological polar surface area (TPSA) is 259 Å². The van der Waals surface area contributed by atoms with Crippen LogP contribution in [-0.4, -0.2) is 55.1 Å². The molecule has 4 rings (SSSR count). The first-order chi connectivity index (χ1) is 20.6. The molecule has 0 saturated carbocycles. The minimum absolute atomic E-state index is 0. The largest absolute Gasteiger partial charge is 0.506 e. The number of azo groups is 1. The van der Waals surface area contributed by atoms with Crippen LogP contribution >= 0.6 is 47.2 Å². The van der Waals surface area contributed by atoms with Crippen molar-refractivity contribution in [1.29, 1.82) is 0 Å². The average Bonchev–Trinajstić information content (AvgIpc) is 2.95. The van der Waals surface area contributed by atoms with Crippen LogP contribution in [0.5, 0.6) is 11.5 Å². The second kappa shape index (κ2) is 17.5. The molecule has 45 heavy (non-hydrogen) atoms. The monoisotopic (exact) mass is 767 g/mol. The second-order valence-electron chi connectivity index (χ2n) is 7.51. The Kier molecular flexibility index (Phi) is 14.8. The molecule has 243 valence electrons. The molecule has 1 aromatic heterocycles. The average molecular weight is 769 g/mol. The molecule has 0 unspecified atom stereocenters. The summed E-state index contributed by atoms with van der Waals surface area (Å²) in [5.74, 6) is -0.395. The molecule has 23 heteroatoms. The molecular formula is C22H17ClCuN6O11S4. The Labute approximate surface area is 281 Å². The molecule has 0 fully saturated rings. The summed E-state index contributed by atoms with van der Waals surface area (Å²) < 4.78 is 37.3. The van der Waals surface area contributed by atoms with Gasteiger partial charge < -0.3 is 21.0 Å². The number of hydrogen-bond acceptors (Lipinski definition) is 18. The number of aromatic nitrogens is 3. The fourth-order valence-electron chi connectivity index (χ4n) is 3.16. The molecule has 0 spiro atoms. The molecule has 0 amide bonds. The van der Waals surface area contributed by atoms with Crippen LogP contribution in [0.25, 0.3) is 10.8 Å². The van der Waals surface area contributed by atoms with Gasteiger partial charge in [0.05, 0.1) is 16.9 Å². The Balaban J connectivity index is 0.00000353. The Morgan fingerprint density at radius 3 is 2.53 bits per heavy atom. The van der Waals surface area contributed by atoms with Crippen molar-refractivity contribution in [3.63, 3.8) is 0 Å². The molecule has 4 aromatic rings. The number of nitrogens with zero attached hydrogens (tertiary/aromatic N) is 5. The van der Waals surface area contributed by atoms with Gasteiger partial charge in [0, 0.05) is 38.3 Å². The molecule has 0 aliphatic heterocycles. The summed E-state index contributed by atoms with van der Waals surface area (Å²) in [7, 11) is -4.81. The van der Waals surface area contributed by atoms with Crippen molar-refractivity contribution in [1.82, 2.24) is 15.0 Å². The molecule has 0 aliphatic rings. The number of aromatic hydroxyl groups is 2. The number of anilines is 2. The van der Waals surface area contributed by atoms with E-state index in [9.17, 15) is 18.6 Å². The second-order valence-corrected chi connectivity index (χ2v) is 11.2. The van der Waals surface area contributed by atoms with Crippen LogP contribution in [0.2, 0.25) is 5.28 Å². The third kappa shape index (κ3) is 11.0. The third-order valence-corrected chi connectivity index (χ3v) is 7.06. The van der Waals surface area contributed by atoms with E-state index in [1.54, 1.807) is 30.5 Å². The molecule has 1 radical (unpaired) electrons. The van der Waals surface area contributed by atoms with Crippen molar-refractivity contribution >= 4 is 91.3 Å². The number of benzene rings is 3. The van der Waals surface area contributed by atoms with Gasteiger partial charge in [0.1, 0.15) is 17.1 Å². The van der Waals surface area contributed by atoms with E-state index in [4.69, 9.17) is 21.4 Å². The van der Waals surface area contributed by atoms with Crippen molar-refractivity contribution in [3.8, 4) is 22.9 Å². The van der Waals surface area contributed by atoms with Gasteiger partial charge in [0.15, 0.2) is 17.0 Å². The summed E-state index contributed by atoms with van der Waals surface area (Å²) in [5.41, 5.74) is 0.498. The molecule has 1 heterocycles. The van der Waals surface area contributed by atoms with E-state index >= 15 is 0 Å². The minimum Gasteiger partial charge on any atom is -0.506 e. The van der Waals surface area contributed by atoms with Gasteiger partial charge in [0.2, 0.25) is 11.2 Å². The summed E-state index contributed by atoms with van der Waals surface area (Å²) in [6, 6.07) is 10.7. The maximum atomic E-state index is 11.0. The number of phenolic OH excluding ortho intramolecular Hbond substituents is 2. The molecule has 17 nitrogen and oxygen atoms in total. The van der Waals surface area contributed by atoms with Gasteiger partial charge in [-0.25, -0.2) is 5.26 Å². The van der Waals surface area contributed by atoms with Gasteiger partial charge in [-0.3, -0.25) is 9.44 Å². The van der Waals surface area contributed by atoms with E-state index in [0.717, 1.165) is 11.8 Å². The van der Waals surface area contributed by atoms with E-state index in [1.807, 2.05) is 6.11 Å². The van der Waals surface area contributed by atoms with E-state index in [-0.39, 0.29) is 61.5 Å². The first kappa shape index (κ1) is 38.0. The van der Waals surface area contributed by atoms with Crippen LogP contribution in [0, 0.1) is 11.4 Å². The Hall–Kier alpha value is -3.14. The molecule has 0 aliphatic carbocycles. The van der Waals surface area contributed by atoms with Gasteiger partial charge in [-0.15, -0.1) is 14.6 Å². The third-order valence-electron chi connectivity index (χ3n) is 4.81. The van der Waals surface area contributed by atoms with Crippen molar-refractivity contribution in [2.45, 2.75) is 14.9 Å². The van der Waals surface area contributed by atoms with Crippen LogP contribution in [-0.2, 0) is 46.1 Å². The summed E-state index contributed by atoms with van der Waals surface area (Å²) in [4.78, 5) is 16.9. The Morgan fingerprint density at radius 1 is 1.07 bits per heavy atom.